The van der Waals surface area contributed by atoms with Crippen LogP contribution in [-0.4, -0.2) is 0 Å². The highest BCUT2D eigenvalue weighted by atomic mass is 79.9. The number of hydrogen-bond donors (Lipinski definition) is 1. The Morgan fingerprint density at radius 3 is 2.73 bits per heavy atom. The molecule has 1 aromatic heterocycles. The predicted molar refractivity (Wildman–Crippen MR) is 69.2 cm³/mol. The van der Waals surface area contributed by atoms with Crippen molar-refractivity contribution < 1.29 is 0 Å². The van der Waals surface area contributed by atoms with Crippen molar-refractivity contribution in [3.8, 4) is 0 Å². The Morgan fingerprint density at radius 2 is 2.13 bits per heavy atom. The molecule has 0 aliphatic rings. The van der Waals surface area contributed by atoms with Gasteiger partial charge in [0.2, 0.25) is 0 Å². The van der Waals surface area contributed by atoms with Crippen LogP contribution in [0.5, 0.6) is 0 Å². The van der Waals surface area contributed by atoms with Gasteiger partial charge in [0.1, 0.15) is 0 Å². The van der Waals surface area contributed by atoms with Gasteiger partial charge in [0.25, 0.3) is 0 Å². The van der Waals surface area contributed by atoms with E-state index in [-0.39, 0.29) is 6.04 Å². The van der Waals surface area contributed by atoms with Crippen LogP contribution < -0.4 is 5.73 Å². The zero-order valence-electron chi connectivity index (χ0n) is 8.41. The van der Waals surface area contributed by atoms with E-state index in [1.807, 2.05) is 0 Å². The highest BCUT2D eigenvalue weighted by Gasteiger charge is 2.12. The van der Waals surface area contributed by atoms with Crippen LogP contribution in [0.4, 0.5) is 0 Å². The summed E-state index contributed by atoms with van der Waals surface area (Å²) in [6.07, 6.45) is 0. The highest BCUT2D eigenvalue weighted by molar-refractivity contribution is 9.10. The Morgan fingerprint density at radius 1 is 1.33 bits per heavy atom. The lowest BCUT2D eigenvalue weighted by atomic mass is 10.0. The van der Waals surface area contributed by atoms with Gasteiger partial charge in [0.05, 0.1) is 6.04 Å². The Hall–Kier alpha value is -0.640. The number of aryl methyl sites for hydroxylation is 1. The lowest BCUT2D eigenvalue weighted by molar-refractivity contribution is 0.870. The first-order chi connectivity index (χ1) is 7.18. The van der Waals surface area contributed by atoms with Crippen molar-refractivity contribution >= 4 is 27.3 Å². The van der Waals surface area contributed by atoms with Gasteiger partial charge in [-0.1, -0.05) is 28.1 Å². The molecule has 0 aliphatic heterocycles. The van der Waals surface area contributed by atoms with Gasteiger partial charge in [-0.25, -0.2) is 0 Å². The summed E-state index contributed by atoms with van der Waals surface area (Å²) < 4.78 is 1.08. The molecule has 0 saturated carbocycles. The summed E-state index contributed by atoms with van der Waals surface area (Å²) in [6, 6.07) is 8.31. The highest BCUT2D eigenvalue weighted by Crippen LogP contribution is 2.28. The average Bonchev–Trinajstić information content (AvgIpc) is 2.69. The SMILES string of the molecule is Cc1ccc([C@@H](N)c2ccsc2)c(Br)c1. The molecule has 2 aromatic rings. The fourth-order valence-electron chi connectivity index (χ4n) is 1.52. The van der Waals surface area contributed by atoms with E-state index in [1.165, 1.54) is 11.1 Å². The van der Waals surface area contributed by atoms with E-state index in [9.17, 15) is 0 Å². The number of benzene rings is 1. The lowest BCUT2D eigenvalue weighted by Gasteiger charge is -2.13. The molecule has 1 aromatic carbocycles. The van der Waals surface area contributed by atoms with E-state index in [1.54, 1.807) is 11.3 Å². The molecule has 0 bridgehead atoms. The quantitative estimate of drug-likeness (QED) is 0.889. The average molecular weight is 282 g/mol. The van der Waals surface area contributed by atoms with Crippen LogP contribution in [0.2, 0.25) is 0 Å². The Kier molecular flexibility index (Phi) is 3.24. The fraction of sp³-hybridized carbons (Fsp3) is 0.167. The van der Waals surface area contributed by atoms with E-state index >= 15 is 0 Å². The van der Waals surface area contributed by atoms with Crippen LogP contribution in [0.1, 0.15) is 22.7 Å². The molecule has 0 aliphatic carbocycles. The third kappa shape index (κ3) is 2.30. The normalized spacial score (nSPS) is 12.7. The minimum absolute atomic E-state index is 0.0359. The molecule has 0 radical (unpaired) electrons. The van der Waals surface area contributed by atoms with E-state index in [0.29, 0.717) is 0 Å². The standard InChI is InChI=1S/C12H12BrNS/c1-8-2-3-10(11(13)6-8)12(14)9-4-5-15-7-9/h2-7,12H,14H2,1H3/t12-/m0/s1. The summed E-state index contributed by atoms with van der Waals surface area (Å²) >= 11 is 5.23. The summed E-state index contributed by atoms with van der Waals surface area (Å²) in [5.41, 5.74) is 9.74. The summed E-state index contributed by atoms with van der Waals surface area (Å²) in [7, 11) is 0. The molecule has 2 rings (SSSR count). The molecule has 1 nitrogen and oxygen atoms in total. The topological polar surface area (TPSA) is 26.0 Å². The molecule has 2 N–H and O–H groups in total. The smallest absolute Gasteiger partial charge is 0.0571 e. The molecule has 0 unspecified atom stereocenters. The van der Waals surface area contributed by atoms with E-state index in [0.717, 1.165) is 10.0 Å². The van der Waals surface area contributed by atoms with E-state index in [4.69, 9.17) is 5.73 Å². The van der Waals surface area contributed by atoms with Gasteiger partial charge in [-0.2, -0.15) is 11.3 Å². The number of hydrogen-bond acceptors (Lipinski definition) is 2. The van der Waals surface area contributed by atoms with Crippen LogP contribution in [-0.2, 0) is 0 Å². The van der Waals surface area contributed by atoms with Gasteiger partial charge in [-0.3, -0.25) is 0 Å². The minimum Gasteiger partial charge on any atom is -0.320 e. The zero-order valence-corrected chi connectivity index (χ0v) is 10.8. The molecule has 0 amide bonds. The van der Waals surface area contributed by atoms with Crippen LogP contribution in [0.25, 0.3) is 0 Å². The van der Waals surface area contributed by atoms with E-state index < -0.39 is 0 Å². The van der Waals surface area contributed by atoms with Crippen molar-refractivity contribution in [2.45, 2.75) is 13.0 Å². The second-order valence-corrected chi connectivity index (χ2v) is 5.19. The maximum absolute atomic E-state index is 6.19. The van der Waals surface area contributed by atoms with Gasteiger partial charge >= 0.3 is 0 Å². The van der Waals surface area contributed by atoms with Crippen LogP contribution in [0, 0.1) is 6.92 Å². The van der Waals surface area contributed by atoms with Crippen molar-refractivity contribution in [3.63, 3.8) is 0 Å². The van der Waals surface area contributed by atoms with Gasteiger partial charge < -0.3 is 5.73 Å². The predicted octanol–water partition coefficient (Wildman–Crippen LogP) is 3.87. The Labute approximate surface area is 102 Å². The summed E-state index contributed by atoms with van der Waals surface area (Å²) in [5.74, 6) is 0. The molecule has 1 heterocycles. The van der Waals surface area contributed by atoms with E-state index in [2.05, 4.69) is 57.9 Å². The molecular weight excluding hydrogens is 270 g/mol. The minimum atomic E-state index is -0.0359. The van der Waals surface area contributed by atoms with Crippen molar-refractivity contribution in [3.05, 3.63) is 56.2 Å². The number of rotatable bonds is 2. The van der Waals surface area contributed by atoms with Crippen molar-refractivity contribution in [1.29, 1.82) is 0 Å². The molecule has 0 fully saturated rings. The number of thiophene rings is 1. The fourth-order valence-corrected chi connectivity index (χ4v) is 2.95. The Bertz CT molecular complexity index is 451. The van der Waals surface area contributed by atoms with Gasteiger partial charge in [-0.15, -0.1) is 0 Å². The van der Waals surface area contributed by atoms with Crippen LogP contribution >= 0.6 is 27.3 Å². The zero-order chi connectivity index (χ0) is 10.8. The first-order valence-corrected chi connectivity index (χ1v) is 6.46. The van der Waals surface area contributed by atoms with Crippen molar-refractivity contribution in [2.24, 2.45) is 5.73 Å². The second-order valence-electron chi connectivity index (χ2n) is 3.56. The molecule has 0 spiro atoms. The maximum Gasteiger partial charge on any atom is 0.0571 e. The lowest BCUT2D eigenvalue weighted by Crippen LogP contribution is -2.11. The van der Waals surface area contributed by atoms with Crippen LogP contribution in [0.3, 0.4) is 0 Å². The third-order valence-electron chi connectivity index (χ3n) is 2.39. The Balaban J connectivity index is 2.38. The van der Waals surface area contributed by atoms with Crippen molar-refractivity contribution in [1.82, 2.24) is 0 Å². The largest absolute Gasteiger partial charge is 0.320 e. The summed E-state index contributed by atoms with van der Waals surface area (Å²) in [4.78, 5) is 0. The monoisotopic (exact) mass is 281 g/mol. The molecule has 0 saturated heterocycles. The van der Waals surface area contributed by atoms with Crippen molar-refractivity contribution in [2.75, 3.05) is 0 Å². The molecular formula is C12H12BrNS. The third-order valence-corrected chi connectivity index (χ3v) is 3.78. The molecule has 1 atom stereocenters. The summed E-state index contributed by atoms with van der Waals surface area (Å²) in [5, 5.41) is 4.15. The summed E-state index contributed by atoms with van der Waals surface area (Å²) in [6.45, 7) is 2.07. The van der Waals surface area contributed by atoms with Gasteiger partial charge in [-0.05, 0) is 46.5 Å². The molecule has 3 heteroatoms. The number of nitrogens with two attached hydrogens (primary N) is 1. The first kappa shape index (κ1) is 10.9. The number of halogens is 1. The first-order valence-electron chi connectivity index (χ1n) is 4.72. The molecule has 78 valence electrons. The maximum atomic E-state index is 6.19. The van der Waals surface area contributed by atoms with Crippen LogP contribution in [0.15, 0.2) is 39.5 Å². The second kappa shape index (κ2) is 4.47. The molecule has 15 heavy (non-hydrogen) atoms. The van der Waals surface area contributed by atoms with Gasteiger partial charge in [0, 0.05) is 4.47 Å². The van der Waals surface area contributed by atoms with Gasteiger partial charge in [0.15, 0.2) is 0 Å².